The molecule has 0 radical (unpaired) electrons. The summed E-state index contributed by atoms with van der Waals surface area (Å²) in [5, 5.41) is 5.42. The molecule has 0 N–H and O–H groups in total. The van der Waals surface area contributed by atoms with E-state index in [1.54, 1.807) is 0 Å². The third-order valence-corrected chi connectivity index (χ3v) is 9.31. The molecule has 10 aromatic rings. The number of nitrogens with zero attached hydrogens (tertiary/aromatic N) is 2. The van der Waals surface area contributed by atoms with E-state index in [1.807, 2.05) is 36.4 Å². The van der Waals surface area contributed by atoms with Crippen LogP contribution in [-0.4, -0.2) is 9.97 Å². The van der Waals surface area contributed by atoms with Gasteiger partial charge in [-0.1, -0.05) is 121 Å². The van der Waals surface area contributed by atoms with Gasteiger partial charge in [0.2, 0.25) is 0 Å². The van der Waals surface area contributed by atoms with Crippen molar-refractivity contribution in [1.29, 1.82) is 0 Å². The van der Waals surface area contributed by atoms with Crippen molar-refractivity contribution in [3.8, 4) is 44.9 Å². The van der Waals surface area contributed by atoms with Gasteiger partial charge in [0.1, 0.15) is 28.0 Å². The van der Waals surface area contributed by atoms with Crippen LogP contribution in [0, 0.1) is 0 Å². The lowest BCUT2D eigenvalue weighted by Crippen LogP contribution is -1.94. The van der Waals surface area contributed by atoms with Crippen LogP contribution >= 0.6 is 0 Å². The van der Waals surface area contributed by atoms with Gasteiger partial charge in [0.15, 0.2) is 11.4 Å². The molecule has 0 unspecified atom stereocenters. The first-order valence-corrected chi connectivity index (χ1v) is 16.1. The standard InChI is InChI=1S/C44H26N2O2/c1-2-9-27(10-3-1)29-17-20-30(21-18-29)41-43-42(35-13-6-7-15-37(35)48-43)46-44(45-41)36-14-8-16-38-40(36)34-24-23-33(26-39(34)47-38)32-22-19-28-11-4-5-12-31(28)25-32/h1-26H. The second-order valence-electron chi connectivity index (χ2n) is 12.2. The molecule has 3 heterocycles. The molecule has 0 saturated heterocycles. The molecule has 3 aromatic heterocycles. The molecule has 0 aliphatic heterocycles. The van der Waals surface area contributed by atoms with E-state index >= 15 is 0 Å². The van der Waals surface area contributed by atoms with Gasteiger partial charge in [-0.05, 0) is 69.4 Å². The van der Waals surface area contributed by atoms with Gasteiger partial charge < -0.3 is 8.83 Å². The fourth-order valence-electron chi connectivity index (χ4n) is 6.92. The minimum atomic E-state index is 0.628. The Morgan fingerprint density at radius 3 is 1.98 bits per heavy atom. The molecule has 224 valence electrons. The maximum Gasteiger partial charge on any atom is 0.180 e. The summed E-state index contributed by atoms with van der Waals surface area (Å²) in [4.78, 5) is 10.4. The fourth-order valence-corrected chi connectivity index (χ4v) is 6.92. The molecule has 0 aliphatic carbocycles. The summed E-state index contributed by atoms with van der Waals surface area (Å²) < 4.78 is 12.9. The molecule has 0 aliphatic rings. The van der Waals surface area contributed by atoms with E-state index < -0.39 is 0 Å². The highest BCUT2D eigenvalue weighted by molar-refractivity contribution is 6.13. The van der Waals surface area contributed by atoms with Gasteiger partial charge >= 0.3 is 0 Å². The third-order valence-electron chi connectivity index (χ3n) is 9.31. The molecular weight excluding hydrogens is 588 g/mol. The van der Waals surface area contributed by atoms with E-state index in [9.17, 15) is 0 Å². The maximum absolute atomic E-state index is 6.50. The summed E-state index contributed by atoms with van der Waals surface area (Å²) in [5.41, 5.74) is 11.1. The van der Waals surface area contributed by atoms with Crippen LogP contribution in [0.25, 0.3) is 99.7 Å². The zero-order valence-electron chi connectivity index (χ0n) is 25.7. The van der Waals surface area contributed by atoms with Crippen molar-refractivity contribution >= 4 is 54.8 Å². The van der Waals surface area contributed by atoms with Crippen LogP contribution in [-0.2, 0) is 0 Å². The van der Waals surface area contributed by atoms with Gasteiger partial charge in [-0.15, -0.1) is 0 Å². The number of para-hydroxylation sites is 1. The predicted molar refractivity (Wildman–Crippen MR) is 196 cm³/mol. The van der Waals surface area contributed by atoms with Crippen LogP contribution in [0.1, 0.15) is 0 Å². The maximum atomic E-state index is 6.50. The molecule has 10 rings (SSSR count). The van der Waals surface area contributed by atoms with E-state index in [0.717, 1.165) is 71.9 Å². The number of aromatic nitrogens is 2. The number of fused-ring (bicyclic) bond motifs is 7. The molecular formula is C44H26N2O2. The van der Waals surface area contributed by atoms with E-state index in [2.05, 4.69) is 121 Å². The Bertz CT molecular complexity index is 2830. The van der Waals surface area contributed by atoms with Gasteiger partial charge in [-0.3, -0.25) is 0 Å². The van der Waals surface area contributed by atoms with E-state index in [4.69, 9.17) is 18.8 Å². The van der Waals surface area contributed by atoms with Crippen LogP contribution in [0.3, 0.4) is 0 Å². The Morgan fingerprint density at radius 2 is 1.08 bits per heavy atom. The molecule has 0 spiro atoms. The van der Waals surface area contributed by atoms with E-state index in [-0.39, 0.29) is 0 Å². The van der Waals surface area contributed by atoms with Gasteiger partial charge in [0.05, 0.1) is 0 Å². The third kappa shape index (κ3) is 4.24. The van der Waals surface area contributed by atoms with E-state index in [0.29, 0.717) is 11.4 Å². The van der Waals surface area contributed by atoms with Crippen LogP contribution in [0.15, 0.2) is 167 Å². The average molecular weight is 615 g/mol. The molecule has 0 bridgehead atoms. The summed E-state index contributed by atoms with van der Waals surface area (Å²) in [6.07, 6.45) is 0. The van der Waals surface area contributed by atoms with Crippen molar-refractivity contribution in [2.75, 3.05) is 0 Å². The normalized spacial score (nSPS) is 11.8. The first kappa shape index (κ1) is 26.7. The lowest BCUT2D eigenvalue weighted by molar-refractivity contribution is 0.667. The zero-order valence-corrected chi connectivity index (χ0v) is 25.7. The average Bonchev–Trinajstić information content (AvgIpc) is 3.73. The SMILES string of the molecule is c1ccc(-c2ccc(-c3nc(-c4cccc5oc6cc(-c7ccc8ccccc8c7)ccc6c45)nc4c3oc3ccccc34)cc2)cc1. The van der Waals surface area contributed by atoms with Crippen LogP contribution in [0.5, 0.6) is 0 Å². The van der Waals surface area contributed by atoms with Crippen molar-refractivity contribution < 1.29 is 8.83 Å². The number of rotatable bonds is 4. The lowest BCUT2D eigenvalue weighted by atomic mass is 9.99. The quantitative estimate of drug-likeness (QED) is 0.198. The molecule has 0 amide bonds. The van der Waals surface area contributed by atoms with Crippen LogP contribution in [0.2, 0.25) is 0 Å². The van der Waals surface area contributed by atoms with Gasteiger partial charge in [-0.25, -0.2) is 9.97 Å². The lowest BCUT2D eigenvalue weighted by Gasteiger charge is -2.08. The Hall–Kier alpha value is -6.52. The first-order valence-electron chi connectivity index (χ1n) is 16.1. The molecule has 0 saturated carbocycles. The van der Waals surface area contributed by atoms with Crippen molar-refractivity contribution in [2.45, 2.75) is 0 Å². The second kappa shape index (κ2) is 10.5. The first-order chi connectivity index (χ1) is 23.8. The second-order valence-corrected chi connectivity index (χ2v) is 12.2. The minimum Gasteiger partial charge on any atom is -0.456 e. The number of benzene rings is 7. The monoisotopic (exact) mass is 614 g/mol. The van der Waals surface area contributed by atoms with E-state index in [1.165, 1.54) is 16.3 Å². The molecule has 4 heteroatoms. The summed E-state index contributed by atoms with van der Waals surface area (Å²) in [7, 11) is 0. The number of hydrogen-bond acceptors (Lipinski definition) is 4. The van der Waals surface area contributed by atoms with Crippen molar-refractivity contribution in [2.24, 2.45) is 0 Å². The smallest absolute Gasteiger partial charge is 0.180 e. The van der Waals surface area contributed by atoms with Crippen LogP contribution < -0.4 is 0 Å². The Morgan fingerprint density at radius 1 is 0.396 bits per heavy atom. The highest BCUT2D eigenvalue weighted by atomic mass is 16.3. The van der Waals surface area contributed by atoms with Gasteiger partial charge in [-0.2, -0.15) is 0 Å². The van der Waals surface area contributed by atoms with Crippen molar-refractivity contribution in [3.63, 3.8) is 0 Å². The molecule has 0 fully saturated rings. The topological polar surface area (TPSA) is 52.1 Å². The van der Waals surface area contributed by atoms with Gasteiger partial charge in [0.25, 0.3) is 0 Å². The largest absolute Gasteiger partial charge is 0.456 e. The Kier molecular flexibility index (Phi) is 5.84. The number of furan rings is 2. The highest BCUT2D eigenvalue weighted by Crippen LogP contribution is 2.41. The van der Waals surface area contributed by atoms with Gasteiger partial charge in [0, 0.05) is 27.3 Å². The summed E-state index contributed by atoms with van der Waals surface area (Å²) in [6, 6.07) is 54.5. The van der Waals surface area contributed by atoms with Crippen molar-refractivity contribution in [1.82, 2.24) is 9.97 Å². The number of hydrogen-bond donors (Lipinski definition) is 0. The van der Waals surface area contributed by atoms with Crippen LogP contribution in [0.4, 0.5) is 0 Å². The zero-order chi connectivity index (χ0) is 31.6. The molecule has 48 heavy (non-hydrogen) atoms. The summed E-state index contributed by atoms with van der Waals surface area (Å²) >= 11 is 0. The summed E-state index contributed by atoms with van der Waals surface area (Å²) in [6.45, 7) is 0. The molecule has 0 atom stereocenters. The van der Waals surface area contributed by atoms with Crippen molar-refractivity contribution in [3.05, 3.63) is 158 Å². The minimum absolute atomic E-state index is 0.628. The fraction of sp³-hybridized carbons (Fsp3) is 0. The Labute approximate surface area is 275 Å². The summed E-state index contributed by atoms with van der Waals surface area (Å²) in [5.74, 6) is 0.628. The molecule has 7 aromatic carbocycles. The predicted octanol–water partition coefficient (Wildman–Crippen LogP) is 12.1. The highest BCUT2D eigenvalue weighted by Gasteiger charge is 2.21. The Balaban J connectivity index is 1.16. The molecule has 4 nitrogen and oxygen atoms in total.